The van der Waals surface area contributed by atoms with Gasteiger partial charge in [0.25, 0.3) is 11.8 Å². The summed E-state index contributed by atoms with van der Waals surface area (Å²) >= 11 is 7.48. The molecule has 3 aromatic rings. The number of nitrogens with zero attached hydrogens (tertiary/aromatic N) is 4. The van der Waals surface area contributed by atoms with Crippen molar-refractivity contribution in [3.8, 4) is 0 Å². The smallest absolute Gasteiger partial charge is 0.280 e. The van der Waals surface area contributed by atoms with E-state index < -0.39 is 6.04 Å². The molecular formula is C27H31ClN6O3S. The molecule has 0 radical (unpaired) electrons. The van der Waals surface area contributed by atoms with Gasteiger partial charge in [0.05, 0.1) is 17.3 Å². The third kappa shape index (κ3) is 5.67. The van der Waals surface area contributed by atoms with Crippen LogP contribution in [0.25, 0.3) is 10.9 Å². The minimum Gasteiger partial charge on any atom is -0.349 e. The van der Waals surface area contributed by atoms with Crippen LogP contribution in [0.5, 0.6) is 0 Å². The number of rotatable bonds is 5. The highest BCUT2D eigenvalue weighted by Gasteiger charge is 2.37. The molecule has 3 amide bonds. The molecule has 200 valence electrons. The maximum atomic E-state index is 13.3. The van der Waals surface area contributed by atoms with E-state index in [1.54, 1.807) is 43.3 Å². The van der Waals surface area contributed by atoms with Crippen LogP contribution in [-0.4, -0.2) is 77.3 Å². The Morgan fingerprint density at radius 3 is 2.63 bits per heavy atom. The molecule has 1 aliphatic carbocycles. The van der Waals surface area contributed by atoms with Gasteiger partial charge in [0.1, 0.15) is 5.69 Å². The molecule has 38 heavy (non-hydrogen) atoms. The van der Waals surface area contributed by atoms with Crippen molar-refractivity contribution in [1.82, 2.24) is 30.4 Å². The second-order valence-corrected chi connectivity index (χ2v) is 11.8. The van der Waals surface area contributed by atoms with Crippen LogP contribution in [0.3, 0.4) is 0 Å². The minimum absolute atomic E-state index is 0.0247. The fraction of sp³-hybridized carbons (Fsp3) is 0.444. The number of carbonyl (C=O) groups is 3. The lowest BCUT2D eigenvalue weighted by Gasteiger charge is -2.37. The first-order chi connectivity index (χ1) is 18.2. The Morgan fingerprint density at radius 2 is 1.84 bits per heavy atom. The highest BCUT2D eigenvalue weighted by Crippen LogP contribution is 2.29. The Balaban J connectivity index is 1.34. The largest absolute Gasteiger partial charge is 0.349 e. The summed E-state index contributed by atoms with van der Waals surface area (Å²) < 4.78 is 0. The average Bonchev–Trinajstić information content (AvgIpc) is 3.32. The molecule has 0 unspecified atom stereocenters. The fourth-order valence-electron chi connectivity index (χ4n) is 5.21. The van der Waals surface area contributed by atoms with Crippen molar-refractivity contribution in [2.45, 2.75) is 44.3 Å². The lowest BCUT2D eigenvalue weighted by Crippen LogP contribution is -2.56. The SMILES string of the molecule is CN1CCc2nc(C(=O)N[C@H]3C[C@@H](C(=O)N(C)C)CC[C@@H]3NC(=O)c3ccc4cc(Cl)ccc4n3)sc2C1. The maximum Gasteiger partial charge on any atom is 0.280 e. The normalized spacial score (nSPS) is 21.5. The van der Waals surface area contributed by atoms with Gasteiger partial charge < -0.3 is 20.4 Å². The van der Waals surface area contributed by atoms with Crippen molar-refractivity contribution in [2.75, 3.05) is 27.7 Å². The number of halogens is 1. The summed E-state index contributed by atoms with van der Waals surface area (Å²) in [5.41, 5.74) is 1.94. The monoisotopic (exact) mass is 554 g/mol. The molecule has 3 atom stereocenters. The average molecular weight is 555 g/mol. The highest BCUT2D eigenvalue weighted by atomic mass is 35.5. The fourth-order valence-corrected chi connectivity index (χ4v) is 6.48. The van der Waals surface area contributed by atoms with E-state index in [1.807, 2.05) is 6.07 Å². The van der Waals surface area contributed by atoms with Gasteiger partial charge in [-0.1, -0.05) is 17.7 Å². The minimum atomic E-state index is -0.419. The van der Waals surface area contributed by atoms with Crippen LogP contribution >= 0.6 is 22.9 Å². The molecule has 5 rings (SSSR count). The van der Waals surface area contributed by atoms with Gasteiger partial charge in [-0.15, -0.1) is 11.3 Å². The molecule has 1 fully saturated rings. The van der Waals surface area contributed by atoms with Gasteiger partial charge in [-0.2, -0.15) is 0 Å². The Hall–Kier alpha value is -3.08. The number of amides is 3. The molecule has 1 saturated carbocycles. The first kappa shape index (κ1) is 26.5. The van der Waals surface area contributed by atoms with E-state index in [2.05, 4.69) is 32.5 Å². The van der Waals surface area contributed by atoms with Gasteiger partial charge in [-0.05, 0) is 50.6 Å². The first-order valence-electron chi connectivity index (χ1n) is 12.7. The number of hydrogen-bond acceptors (Lipinski definition) is 7. The van der Waals surface area contributed by atoms with Gasteiger partial charge in [0, 0.05) is 60.9 Å². The highest BCUT2D eigenvalue weighted by molar-refractivity contribution is 7.13. The third-order valence-corrected chi connectivity index (χ3v) is 8.59. The number of thiazole rings is 1. The quantitative estimate of drug-likeness (QED) is 0.502. The second-order valence-electron chi connectivity index (χ2n) is 10.3. The number of aromatic nitrogens is 2. The van der Waals surface area contributed by atoms with Crippen LogP contribution in [0, 0.1) is 5.92 Å². The predicted octanol–water partition coefficient (Wildman–Crippen LogP) is 3.12. The molecule has 11 heteroatoms. The van der Waals surface area contributed by atoms with Gasteiger partial charge in [-0.25, -0.2) is 9.97 Å². The number of fused-ring (bicyclic) bond motifs is 2. The number of likely N-dealkylation sites (N-methyl/N-ethyl adjacent to an activating group) is 1. The first-order valence-corrected chi connectivity index (χ1v) is 13.9. The van der Waals surface area contributed by atoms with Crippen molar-refractivity contribution in [3.05, 3.63) is 56.6 Å². The van der Waals surface area contributed by atoms with Crippen LogP contribution in [0.4, 0.5) is 0 Å². The van der Waals surface area contributed by atoms with Crippen molar-refractivity contribution >= 4 is 51.6 Å². The number of carbonyl (C=O) groups excluding carboxylic acids is 3. The standard InChI is InChI=1S/C27H31ClN6O3S/c1-33(2)27(37)16-5-7-19(30-24(35)21-8-4-15-12-17(28)6-9-18(15)29-21)22(13-16)31-25(36)26-32-20-10-11-34(3)14-23(20)38-26/h4,6,8-9,12,16,19,22H,5,7,10-11,13-14H2,1-3H3,(H,30,35)(H,31,36)/t16-,19-,22-/m0/s1. The van der Waals surface area contributed by atoms with Crippen LogP contribution in [0.1, 0.15) is 50.1 Å². The van der Waals surface area contributed by atoms with E-state index in [9.17, 15) is 14.4 Å². The molecule has 2 aromatic heterocycles. The Morgan fingerprint density at radius 1 is 1.05 bits per heavy atom. The lowest BCUT2D eigenvalue weighted by molar-refractivity contribution is -0.134. The van der Waals surface area contributed by atoms with Crippen molar-refractivity contribution < 1.29 is 14.4 Å². The van der Waals surface area contributed by atoms with E-state index in [1.165, 1.54) is 11.3 Å². The number of pyridine rings is 1. The van der Waals surface area contributed by atoms with Crippen LogP contribution in [0.15, 0.2) is 30.3 Å². The molecule has 1 aliphatic heterocycles. The van der Waals surface area contributed by atoms with Gasteiger partial charge in [0.15, 0.2) is 5.01 Å². The van der Waals surface area contributed by atoms with E-state index >= 15 is 0 Å². The van der Waals surface area contributed by atoms with E-state index in [0.29, 0.717) is 34.8 Å². The molecule has 2 N–H and O–H groups in total. The van der Waals surface area contributed by atoms with Gasteiger partial charge >= 0.3 is 0 Å². The topological polar surface area (TPSA) is 108 Å². The predicted molar refractivity (Wildman–Crippen MR) is 147 cm³/mol. The summed E-state index contributed by atoms with van der Waals surface area (Å²) in [7, 11) is 5.53. The van der Waals surface area contributed by atoms with Crippen molar-refractivity contribution in [2.24, 2.45) is 5.92 Å². The molecule has 2 aliphatic rings. The molecular weight excluding hydrogens is 524 g/mol. The zero-order valence-corrected chi connectivity index (χ0v) is 23.2. The molecule has 3 heterocycles. The lowest BCUT2D eigenvalue weighted by atomic mass is 9.81. The van der Waals surface area contributed by atoms with Gasteiger partial charge in [0.2, 0.25) is 5.91 Å². The summed E-state index contributed by atoms with van der Waals surface area (Å²) in [6.45, 7) is 1.70. The molecule has 0 spiro atoms. The number of hydrogen-bond donors (Lipinski definition) is 2. The zero-order valence-electron chi connectivity index (χ0n) is 21.7. The Labute approximate surface area is 230 Å². The summed E-state index contributed by atoms with van der Waals surface area (Å²) in [5.74, 6) is -0.798. The second kappa shape index (κ2) is 11.0. The van der Waals surface area contributed by atoms with Crippen molar-refractivity contribution in [3.63, 3.8) is 0 Å². The van der Waals surface area contributed by atoms with E-state index in [4.69, 9.17) is 11.6 Å². The van der Waals surface area contributed by atoms with Crippen LogP contribution < -0.4 is 10.6 Å². The summed E-state index contributed by atoms with van der Waals surface area (Å²) in [6.07, 6.45) is 2.44. The zero-order chi connectivity index (χ0) is 27.0. The summed E-state index contributed by atoms with van der Waals surface area (Å²) in [6, 6.07) is 8.03. The Bertz CT molecular complexity index is 1390. The summed E-state index contributed by atoms with van der Waals surface area (Å²) in [5, 5.41) is 8.04. The van der Waals surface area contributed by atoms with Crippen LogP contribution in [0.2, 0.25) is 5.02 Å². The molecule has 0 bridgehead atoms. The Kier molecular flexibility index (Phi) is 7.65. The van der Waals surface area contributed by atoms with Crippen molar-refractivity contribution in [1.29, 1.82) is 0 Å². The maximum absolute atomic E-state index is 13.3. The van der Waals surface area contributed by atoms with Gasteiger partial charge in [-0.3, -0.25) is 14.4 Å². The van der Waals surface area contributed by atoms with E-state index in [-0.39, 0.29) is 35.4 Å². The number of nitrogens with one attached hydrogen (secondary N) is 2. The third-order valence-electron chi connectivity index (χ3n) is 7.27. The molecule has 9 nitrogen and oxygen atoms in total. The van der Waals surface area contributed by atoms with E-state index in [0.717, 1.165) is 35.5 Å². The number of benzene rings is 1. The molecule has 0 saturated heterocycles. The van der Waals surface area contributed by atoms with Crippen LogP contribution in [-0.2, 0) is 17.8 Å². The summed E-state index contributed by atoms with van der Waals surface area (Å²) in [4.78, 5) is 53.3. The molecule has 1 aromatic carbocycles.